The van der Waals surface area contributed by atoms with E-state index in [1.54, 1.807) is 0 Å². The molecule has 138 valence electrons. The molecule has 3 amide bonds. The summed E-state index contributed by atoms with van der Waals surface area (Å²) >= 11 is 0. The first-order chi connectivity index (χ1) is 11.4. The van der Waals surface area contributed by atoms with Gasteiger partial charge in [0.25, 0.3) is 0 Å². The lowest BCUT2D eigenvalue weighted by Gasteiger charge is -2.20. The maximum absolute atomic E-state index is 11.8. The molecule has 24 heavy (non-hydrogen) atoms. The third-order valence-corrected chi connectivity index (χ3v) is 4.14. The minimum absolute atomic E-state index is 0.0599. The molecule has 0 aromatic rings. The maximum atomic E-state index is 11.8. The van der Waals surface area contributed by atoms with Crippen LogP contribution in [0.1, 0.15) is 40.0 Å². The second kappa shape index (κ2) is 8.64. The third kappa shape index (κ3) is 5.06. The molecule has 0 saturated carbocycles. The van der Waals surface area contributed by atoms with Gasteiger partial charge in [0.1, 0.15) is 18.3 Å². The van der Waals surface area contributed by atoms with Crippen molar-refractivity contribution in [2.24, 2.45) is 0 Å². The quantitative estimate of drug-likeness (QED) is 0.516. The van der Waals surface area contributed by atoms with E-state index in [1.807, 2.05) is 20.8 Å². The summed E-state index contributed by atoms with van der Waals surface area (Å²) in [6, 6.07) is -0.177. The van der Waals surface area contributed by atoms with Gasteiger partial charge in [-0.1, -0.05) is 6.92 Å². The number of amides is 3. The highest BCUT2D eigenvalue weighted by Gasteiger charge is 2.50. The summed E-state index contributed by atoms with van der Waals surface area (Å²) in [4.78, 5) is 23.3. The SMILES string of the molecule is CCCNC(=O)NCC1OC2CC(CC(=O)NC(C)C)OC2C1O. The van der Waals surface area contributed by atoms with Gasteiger partial charge >= 0.3 is 6.03 Å². The Morgan fingerprint density at radius 3 is 2.62 bits per heavy atom. The molecule has 2 rings (SSSR count). The zero-order chi connectivity index (χ0) is 17.7. The lowest BCUT2D eigenvalue weighted by atomic mass is 10.1. The minimum atomic E-state index is -0.806. The van der Waals surface area contributed by atoms with Crippen LogP contribution in [0.25, 0.3) is 0 Å². The van der Waals surface area contributed by atoms with Crippen molar-refractivity contribution >= 4 is 11.9 Å². The minimum Gasteiger partial charge on any atom is -0.388 e. The van der Waals surface area contributed by atoms with Crippen molar-refractivity contribution in [2.75, 3.05) is 13.1 Å². The van der Waals surface area contributed by atoms with E-state index >= 15 is 0 Å². The molecule has 0 aliphatic carbocycles. The highest BCUT2D eigenvalue weighted by molar-refractivity contribution is 5.76. The molecule has 0 bridgehead atoms. The van der Waals surface area contributed by atoms with E-state index in [2.05, 4.69) is 16.0 Å². The zero-order valence-corrected chi connectivity index (χ0v) is 14.6. The van der Waals surface area contributed by atoms with Crippen LogP contribution in [0.5, 0.6) is 0 Å². The van der Waals surface area contributed by atoms with Gasteiger partial charge in [0, 0.05) is 25.6 Å². The van der Waals surface area contributed by atoms with Crippen molar-refractivity contribution in [3.8, 4) is 0 Å². The van der Waals surface area contributed by atoms with E-state index in [9.17, 15) is 14.7 Å². The largest absolute Gasteiger partial charge is 0.388 e. The third-order valence-electron chi connectivity index (χ3n) is 4.14. The second-order valence-corrected chi connectivity index (χ2v) is 6.73. The number of aliphatic hydroxyl groups is 1. The number of nitrogens with one attached hydrogen (secondary N) is 3. The summed E-state index contributed by atoms with van der Waals surface area (Å²) in [6.07, 6.45) is -0.503. The summed E-state index contributed by atoms with van der Waals surface area (Å²) in [5.74, 6) is -0.0599. The summed E-state index contributed by atoms with van der Waals surface area (Å²) in [5, 5.41) is 18.5. The van der Waals surface area contributed by atoms with Crippen molar-refractivity contribution in [1.29, 1.82) is 0 Å². The number of urea groups is 1. The highest BCUT2D eigenvalue weighted by Crippen LogP contribution is 2.35. The fourth-order valence-electron chi connectivity index (χ4n) is 3.09. The monoisotopic (exact) mass is 343 g/mol. The number of fused-ring (bicyclic) bond motifs is 1. The molecule has 0 spiro atoms. The van der Waals surface area contributed by atoms with Crippen LogP contribution in [0.4, 0.5) is 4.79 Å². The van der Waals surface area contributed by atoms with Crippen LogP contribution in [-0.4, -0.2) is 66.7 Å². The summed E-state index contributed by atoms with van der Waals surface area (Å²) in [6.45, 7) is 6.62. The van der Waals surface area contributed by atoms with Crippen LogP contribution in [-0.2, 0) is 14.3 Å². The molecule has 8 heteroatoms. The van der Waals surface area contributed by atoms with Gasteiger partial charge in [0.05, 0.1) is 18.6 Å². The second-order valence-electron chi connectivity index (χ2n) is 6.73. The number of aliphatic hydroxyl groups excluding tert-OH is 1. The van der Waals surface area contributed by atoms with E-state index in [0.717, 1.165) is 6.42 Å². The Kier molecular flexibility index (Phi) is 6.82. The molecule has 2 aliphatic rings. The predicted molar refractivity (Wildman–Crippen MR) is 87.5 cm³/mol. The van der Waals surface area contributed by atoms with E-state index < -0.39 is 18.3 Å². The molecule has 0 aromatic carbocycles. The number of hydrogen-bond donors (Lipinski definition) is 4. The van der Waals surface area contributed by atoms with Crippen molar-refractivity contribution in [3.05, 3.63) is 0 Å². The van der Waals surface area contributed by atoms with E-state index in [4.69, 9.17) is 9.47 Å². The smallest absolute Gasteiger partial charge is 0.314 e. The van der Waals surface area contributed by atoms with E-state index in [0.29, 0.717) is 13.0 Å². The van der Waals surface area contributed by atoms with Crippen molar-refractivity contribution < 1.29 is 24.2 Å². The molecule has 4 N–H and O–H groups in total. The van der Waals surface area contributed by atoms with Crippen LogP contribution in [0, 0.1) is 0 Å². The molecule has 5 atom stereocenters. The van der Waals surface area contributed by atoms with Gasteiger partial charge in [0.15, 0.2) is 0 Å². The first-order valence-electron chi connectivity index (χ1n) is 8.70. The number of carbonyl (C=O) groups is 2. The molecule has 8 nitrogen and oxygen atoms in total. The summed E-state index contributed by atoms with van der Waals surface area (Å²) < 4.78 is 11.6. The fraction of sp³-hybridized carbons (Fsp3) is 0.875. The first kappa shape index (κ1) is 19.0. The Balaban J connectivity index is 1.73. The van der Waals surface area contributed by atoms with Gasteiger partial charge in [0.2, 0.25) is 5.91 Å². The number of carbonyl (C=O) groups excluding carboxylic acids is 2. The fourth-order valence-corrected chi connectivity index (χ4v) is 3.09. The molecule has 2 fully saturated rings. The molecule has 2 aliphatic heterocycles. The van der Waals surface area contributed by atoms with Crippen molar-refractivity contribution in [1.82, 2.24) is 16.0 Å². The van der Waals surface area contributed by atoms with Crippen LogP contribution >= 0.6 is 0 Å². The van der Waals surface area contributed by atoms with Gasteiger partial charge in [-0.05, 0) is 20.3 Å². The van der Waals surface area contributed by atoms with Gasteiger partial charge in [-0.3, -0.25) is 4.79 Å². The molecular formula is C16H29N3O5. The predicted octanol–water partition coefficient (Wildman–Crippen LogP) is -0.104. The van der Waals surface area contributed by atoms with Gasteiger partial charge in [-0.2, -0.15) is 0 Å². The topological polar surface area (TPSA) is 109 Å². The Hall–Kier alpha value is -1.38. The molecule has 0 radical (unpaired) electrons. The highest BCUT2D eigenvalue weighted by atomic mass is 16.6. The number of hydrogen-bond acceptors (Lipinski definition) is 5. The van der Waals surface area contributed by atoms with Crippen molar-refractivity contribution in [2.45, 2.75) is 76.6 Å². The Bertz CT molecular complexity index is 445. The van der Waals surface area contributed by atoms with Crippen molar-refractivity contribution in [3.63, 3.8) is 0 Å². The van der Waals surface area contributed by atoms with Gasteiger partial charge in [-0.15, -0.1) is 0 Å². The van der Waals surface area contributed by atoms with Gasteiger partial charge < -0.3 is 30.5 Å². The molecule has 2 heterocycles. The molecule has 5 unspecified atom stereocenters. The first-order valence-corrected chi connectivity index (χ1v) is 8.70. The maximum Gasteiger partial charge on any atom is 0.314 e. The van der Waals surface area contributed by atoms with Crippen LogP contribution < -0.4 is 16.0 Å². The molecule has 2 saturated heterocycles. The normalized spacial score (nSPS) is 31.8. The van der Waals surface area contributed by atoms with E-state index in [1.165, 1.54) is 0 Å². The Morgan fingerprint density at radius 1 is 1.25 bits per heavy atom. The Labute approximate surface area is 142 Å². The Morgan fingerprint density at radius 2 is 2.00 bits per heavy atom. The van der Waals surface area contributed by atoms with Crippen LogP contribution in [0.2, 0.25) is 0 Å². The summed E-state index contributed by atoms with van der Waals surface area (Å²) in [5.41, 5.74) is 0. The van der Waals surface area contributed by atoms with Crippen LogP contribution in [0.15, 0.2) is 0 Å². The molecule has 0 aromatic heterocycles. The number of ether oxygens (including phenoxy) is 2. The standard InChI is InChI=1S/C16H29N3O5/c1-4-5-17-16(22)18-8-12-14(21)15-11(24-12)6-10(23-15)7-13(20)19-9(2)3/h9-12,14-15,21H,4-8H2,1-3H3,(H,19,20)(H2,17,18,22). The average molecular weight is 343 g/mol. The zero-order valence-electron chi connectivity index (χ0n) is 14.6. The van der Waals surface area contributed by atoms with Crippen LogP contribution in [0.3, 0.4) is 0 Å². The lowest BCUT2D eigenvalue weighted by molar-refractivity contribution is -0.125. The van der Waals surface area contributed by atoms with Gasteiger partial charge in [-0.25, -0.2) is 4.79 Å². The summed E-state index contributed by atoms with van der Waals surface area (Å²) in [7, 11) is 0. The lowest BCUT2D eigenvalue weighted by Crippen LogP contribution is -2.44. The van der Waals surface area contributed by atoms with E-state index in [-0.39, 0.29) is 43.2 Å². The average Bonchev–Trinajstić information content (AvgIpc) is 3.01. The molecular weight excluding hydrogens is 314 g/mol. The number of rotatable bonds is 7.